The van der Waals surface area contributed by atoms with Crippen molar-refractivity contribution < 1.29 is 9.84 Å². The highest BCUT2D eigenvalue weighted by Crippen LogP contribution is 2.25. The Balaban J connectivity index is 2.04. The first-order valence-corrected chi connectivity index (χ1v) is 6.46. The van der Waals surface area contributed by atoms with E-state index in [2.05, 4.69) is 15.9 Å². The minimum absolute atomic E-state index is 0.286. The molecule has 0 heterocycles. The molecule has 17 heavy (non-hydrogen) atoms. The molecular weight excluding hydrogens is 280 g/mol. The van der Waals surface area contributed by atoms with Crippen molar-refractivity contribution in [3.63, 3.8) is 0 Å². The Morgan fingerprint density at radius 1 is 1.06 bits per heavy atom. The molecule has 2 nitrogen and oxygen atoms in total. The molecule has 88 valence electrons. The molecule has 0 aromatic heterocycles. The van der Waals surface area contributed by atoms with Crippen LogP contribution in [-0.4, -0.2) is 5.11 Å². The van der Waals surface area contributed by atoms with E-state index >= 15 is 0 Å². The van der Waals surface area contributed by atoms with Gasteiger partial charge in [0.1, 0.15) is 18.1 Å². The van der Waals surface area contributed by atoms with E-state index in [1.54, 1.807) is 12.1 Å². The van der Waals surface area contributed by atoms with E-state index in [1.165, 1.54) is 0 Å². The van der Waals surface area contributed by atoms with Crippen LogP contribution in [0, 0.1) is 0 Å². The Morgan fingerprint density at radius 3 is 2.53 bits per heavy atom. The molecule has 2 aromatic rings. The number of hydrogen-bond donors (Lipinski definition) is 1. The average molecular weight is 293 g/mol. The van der Waals surface area contributed by atoms with Crippen molar-refractivity contribution >= 4 is 15.9 Å². The van der Waals surface area contributed by atoms with Crippen LogP contribution < -0.4 is 4.74 Å². The van der Waals surface area contributed by atoms with Crippen molar-refractivity contribution in [2.24, 2.45) is 0 Å². The topological polar surface area (TPSA) is 29.5 Å². The van der Waals surface area contributed by atoms with Gasteiger partial charge in [0, 0.05) is 10.9 Å². The van der Waals surface area contributed by atoms with Crippen LogP contribution in [0.15, 0.2) is 48.5 Å². The summed E-state index contributed by atoms with van der Waals surface area (Å²) < 4.78 is 5.66. The molecule has 0 aliphatic heterocycles. The maximum Gasteiger partial charge on any atom is 0.120 e. The highest BCUT2D eigenvalue weighted by Gasteiger charge is 2.02. The normalized spacial score (nSPS) is 10.2. The van der Waals surface area contributed by atoms with Crippen molar-refractivity contribution in [3.05, 3.63) is 59.7 Å². The standard InChI is InChI=1S/C14H13BrO2/c15-9-12-8-13(6-7-14(12)16)17-10-11-4-2-1-3-5-11/h1-8,16H,9-10H2. The van der Waals surface area contributed by atoms with Gasteiger partial charge in [0.25, 0.3) is 0 Å². The molecule has 0 saturated carbocycles. The van der Waals surface area contributed by atoms with Gasteiger partial charge < -0.3 is 9.84 Å². The van der Waals surface area contributed by atoms with E-state index < -0.39 is 0 Å². The van der Waals surface area contributed by atoms with E-state index in [0.717, 1.165) is 16.9 Å². The molecule has 0 atom stereocenters. The van der Waals surface area contributed by atoms with Crippen molar-refractivity contribution in [2.75, 3.05) is 0 Å². The zero-order valence-corrected chi connectivity index (χ0v) is 10.9. The number of hydrogen-bond acceptors (Lipinski definition) is 2. The first-order chi connectivity index (χ1) is 8.29. The third-order valence-electron chi connectivity index (χ3n) is 2.44. The fourth-order valence-corrected chi connectivity index (χ4v) is 1.95. The van der Waals surface area contributed by atoms with Gasteiger partial charge in [0.2, 0.25) is 0 Å². The lowest BCUT2D eigenvalue weighted by Crippen LogP contribution is -1.95. The maximum absolute atomic E-state index is 9.53. The van der Waals surface area contributed by atoms with Crippen molar-refractivity contribution in [1.82, 2.24) is 0 Å². The van der Waals surface area contributed by atoms with E-state index in [0.29, 0.717) is 11.9 Å². The highest BCUT2D eigenvalue weighted by atomic mass is 79.9. The molecule has 0 bridgehead atoms. The Labute approximate surface area is 109 Å². The molecule has 1 N–H and O–H groups in total. The van der Waals surface area contributed by atoms with Gasteiger partial charge in [-0.15, -0.1) is 0 Å². The predicted octanol–water partition coefficient (Wildman–Crippen LogP) is 3.87. The van der Waals surface area contributed by atoms with Gasteiger partial charge in [-0.1, -0.05) is 46.3 Å². The van der Waals surface area contributed by atoms with Gasteiger partial charge in [0.05, 0.1) is 0 Å². The third-order valence-corrected chi connectivity index (χ3v) is 3.05. The fourth-order valence-electron chi connectivity index (χ4n) is 1.50. The minimum Gasteiger partial charge on any atom is -0.508 e. The predicted molar refractivity (Wildman–Crippen MR) is 71.5 cm³/mol. The average Bonchev–Trinajstić information content (AvgIpc) is 2.39. The molecular formula is C14H13BrO2. The first-order valence-electron chi connectivity index (χ1n) is 5.34. The summed E-state index contributed by atoms with van der Waals surface area (Å²) in [5.41, 5.74) is 1.96. The Hall–Kier alpha value is -1.48. The monoisotopic (exact) mass is 292 g/mol. The SMILES string of the molecule is Oc1ccc(OCc2ccccc2)cc1CBr. The molecule has 0 saturated heterocycles. The fraction of sp³-hybridized carbons (Fsp3) is 0.143. The van der Waals surface area contributed by atoms with Gasteiger partial charge in [-0.2, -0.15) is 0 Å². The smallest absolute Gasteiger partial charge is 0.120 e. The molecule has 2 rings (SSSR count). The molecule has 0 aliphatic carbocycles. The lowest BCUT2D eigenvalue weighted by Gasteiger charge is -2.08. The van der Waals surface area contributed by atoms with Gasteiger partial charge >= 0.3 is 0 Å². The maximum atomic E-state index is 9.53. The second-order valence-corrected chi connectivity index (χ2v) is 4.26. The second-order valence-electron chi connectivity index (χ2n) is 3.70. The lowest BCUT2D eigenvalue weighted by atomic mass is 10.2. The molecule has 0 unspecified atom stereocenters. The van der Waals surface area contributed by atoms with Crippen LogP contribution in [0.5, 0.6) is 11.5 Å². The molecule has 0 amide bonds. The van der Waals surface area contributed by atoms with Crippen molar-refractivity contribution in [2.45, 2.75) is 11.9 Å². The summed E-state index contributed by atoms with van der Waals surface area (Å²) in [4.78, 5) is 0. The van der Waals surface area contributed by atoms with E-state index in [9.17, 15) is 5.11 Å². The Bertz CT molecular complexity index is 483. The molecule has 0 fully saturated rings. The Kier molecular flexibility index (Phi) is 4.04. The minimum atomic E-state index is 0.286. The zero-order chi connectivity index (χ0) is 12.1. The first kappa shape index (κ1) is 12.0. The van der Waals surface area contributed by atoms with Crippen LogP contribution >= 0.6 is 15.9 Å². The second kappa shape index (κ2) is 5.73. The number of phenols is 1. The lowest BCUT2D eigenvalue weighted by molar-refractivity contribution is 0.305. The molecule has 0 radical (unpaired) electrons. The van der Waals surface area contributed by atoms with Gasteiger partial charge in [-0.3, -0.25) is 0 Å². The number of ether oxygens (including phenoxy) is 1. The quantitative estimate of drug-likeness (QED) is 0.867. The summed E-state index contributed by atoms with van der Waals surface area (Å²) in [6.07, 6.45) is 0. The van der Waals surface area contributed by atoms with Crippen LogP contribution in [0.1, 0.15) is 11.1 Å². The van der Waals surface area contributed by atoms with Gasteiger partial charge in [0.15, 0.2) is 0 Å². The number of rotatable bonds is 4. The van der Waals surface area contributed by atoms with Crippen LogP contribution in [0.3, 0.4) is 0 Å². The van der Waals surface area contributed by atoms with Gasteiger partial charge in [-0.05, 0) is 23.8 Å². The molecule has 0 aliphatic rings. The number of benzene rings is 2. The molecule has 0 spiro atoms. The number of phenolic OH excluding ortho intramolecular Hbond substituents is 1. The largest absolute Gasteiger partial charge is 0.508 e. The van der Waals surface area contributed by atoms with Crippen molar-refractivity contribution in [3.8, 4) is 11.5 Å². The number of halogens is 1. The van der Waals surface area contributed by atoms with Crippen LogP contribution in [-0.2, 0) is 11.9 Å². The summed E-state index contributed by atoms with van der Waals surface area (Å²) in [6.45, 7) is 0.535. The summed E-state index contributed by atoms with van der Waals surface area (Å²) in [7, 11) is 0. The van der Waals surface area contributed by atoms with E-state index in [1.807, 2.05) is 36.4 Å². The number of aromatic hydroxyl groups is 1. The summed E-state index contributed by atoms with van der Waals surface area (Å²) in [5.74, 6) is 1.05. The van der Waals surface area contributed by atoms with Crippen molar-refractivity contribution in [1.29, 1.82) is 0 Å². The van der Waals surface area contributed by atoms with E-state index in [4.69, 9.17) is 4.74 Å². The highest BCUT2D eigenvalue weighted by molar-refractivity contribution is 9.08. The number of alkyl halides is 1. The molecule has 2 aromatic carbocycles. The van der Waals surface area contributed by atoms with Crippen LogP contribution in [0.25, 0.3) is 0 Å². The molecule has 3 heteroatoms. The van der Waals surface area contributed by atoms with Crippen LogP contribution in [0.2, 0.25) is 0 Å². The summed E-state index contributed by atoms with van der Waals surface area (Å²) in [6, 6.07) is 15.2. The summed E-state index contributed by atoms with van der Waals surface area (Å²) in [5, 5.41) is 10.1. The van der Waals surface area contributed by atoms with Gasteiger partial charge in [-0.25, -0.2) is 0 Å². The van der Waals surface area contributed by atoms with E-state index in [-0.39, 0.29) is 5.75 Å². The third kappa shape index (κ3) is 3.24. The zero-order valence-electron chi connectivity index (χ0n) is 9.27. The van der Waals surface area contributed by atoms with Crippen LogP contribution in [0.4, 0.5) is 0 Å². The Morgan fingerprint density at radius 2 is 1.82 bits per heavy atom. The summed E-state index contributed by atoms with van der Waals surface area (Å²) >= 11 is 3.32.